The molecule has 108 valence electrons. The molecule has 0 saturated heterocycles. The van der Waals surface area contributed by atoms with Crippen LogP contribution in [0.2, 0.25) is 0 Å². The summed E-state index contributed by atoms with van der Waals surface area (Å²) >= 11 is 0. The Bertz CT molecular complexity index is 708. The van der Waals surface area contributed by atoms with Crippen LogP contribution in [0.15, 0.2) is 48.0 Å². The molecule has 0 bridgehead atoms. The molecule has 1 aliphatic heterocycles. The van der Waals surface area contributed by atoms with Crippen molar-refractivity contribution in [3.63, 3.8) is 0 Å². The van der Waals surface area contributed by atoms with Gasteiger partial charge in [0.15, 0.2) is 11.5 Å². The predicted octanol–water partition coefficient (Wildman–Crippen LogP) is 1.93. The quantitative estimate of drug-likeness (QED) is 0.601. The zero-order valence-electron chi connectivity index (χ0n) is 11.0. The van der Waals surface area contributed by atoms with Crippen molar-refractivity contribution in [2.24, 2.45) is 0 Å². The van der Waals surface area contributed by atoms with Crippen molar-refractivity contribution in [1.29, 1.82) is 0 Å². The highest BCUT2D eigenvalue weighted by molar-refractivity contribution is 5.65. The Labute approximate surface area is 121 Å². The minimum Gasteiger partial charge on any atom is -0.504 e. The SMILES string of the molecule is Oc1cccc(/C=C2\C(O)Oc3ccccc3C2O)c1O. The number of para-hydroxylation sites is 2. The first-order valence-electron chi connectivity index (χ1n) is 6.42. The molecule has 0 spiro atoms. The van der Waals surface area contributed by atoms with Gasteiger partial charge in [-0.3, -0.25) is 0 Å². The lowest BCUT2D eigenvalue weighted by Crippen LogP contribution is -2.28. The van der Waals surface area contributed by atoms with Crippen molar-refractivity contribution >= 4 is 6.08 Å². The van der Waals surface area contributed by atoms with Gasteiger partial charge in [0, 0.05) is 16.7 Å². The Hall–Kier alpha value is -2.50. The molecular weight excluding hydrogens is 272 g/mol. The van der Waals surface area contributed by atoms with Crippen LogP contribution in [0.25, 0.3) is 6.08 Å². The number of rotatable bonds is 1. The fraction of sp³-hybridized carbons (Fsp3) is 0.125. The number of benzene rings is 2. The van der Waals surface area contributed by atoms with Gasteiger partial charge >= 0.3 is 0 Å². The first-order valence-corrected chi connectivity index (χ1v) is 6.42. The normalized spacial score (nSPS) is 22.7. The van der Waals surface area contributed by atoms with Gasteiger partial charge in [-0.25, -0.2) is 0 Å². The summed E-state index contributed by atoms with van der Waals surface area (Å²) in [5.74, 6) is -0.177. The fourth-order valence-corrected chi connectivity index (χ4v) is 2.31. The Balaban J connectivity index is 2.06. The van der Waals surface area contributed by atoms with Crippen molar-refractivity contribution in [2.75, 3.05) is 0 Å². The summed E-state index contributed by atoms with van der Waals surface area (Å²) in [6.45, 7) is 0. The Kier molecular flexibility index (Phi) is 3.29. The number of hydrogen-bond acceptors (Lipinski definition) is 5. The summed E-state index contributed by atoms with van der Waals surface area (Å²) in [6, 6.07) is 11.3. The molecule has 0 fully saturated rings. The van der Waals surface area contributed by atoms with Crippen LogP contribution in [0.1, 0.15) is 17.2 Å². The lowest BCUT2D eigenvalue weighted by molar-refractivity contribution is -0.0178. The molecule has 0 saturated carbocycles. The van der Waals surface area contributed by atoms with Gasteiger partial charge in [-0.15, -0.1) is 0 Å². The highest BCUT2D eigenvalue weighted by Gasteiger charge is 2.30. The van der Waals surface area contributed by atoms with Crippen LogP contribution < -0.4 is 4.74 Å². The highest BCUT2D eigenvalue weighted by atomic mass is 16.6. The Morgan fingerprint density at radius 1 is 0.952 bits per heavy atom. The molecule has 0 aliphatic carbocycles. The summed E-state index contributed by atoms with van der Waals surface area (Å²) in [5, 5.41) is 39.7. The van der Waals surface area contributed by atoms with E-state index in [9.17, 15) is 20.4 Å². The van der Waals surface area contributed by atoms with Crippen LogP contribution in [0.3, 0.4) is 0 Å². The molecule has 2 atom stereocenters. The third kappa shape index (κ3) is 2.33. The summed E-state index contributed by atoms with van der Waals surface area (Å²) < 4.78 is 5.34. The van der Waals surface area contributed by atoms with E-state index in [1.165, 1.54) is 12.1 Å². The maximum Gasteiger partial charge on any atom is 0.223 e. The van der Waals surface area contributed by atoms with Crippen LogP contribution in [-0.2, 0) is 0 Å². The van der Waals surface area contributed by atoms with Gasteiger partial charge in [-0.2, -0.15) is 0 Å². The molecule has 2 unspecified atom stereocenters. The molecule has 2 aromatic carbocycles. The number of fused-ring (bicyclic) bond motifs is 1. The van der Waals surface area contributed by atoms with E-state index in [2.05, 4.69) is 0 Å². The van der Waals surface area contributed by atoms with E-state index < -0.39 is 12.4 Å². The van der Waals surface area contributed by atoms with E-state index in [1.54, 1.807) is 36.4 Å². The molecule has 0 aromatic heterocycles. The van der Waals surface area contributed by atoms with Gasteiger partial charge in [-0.05, 0) is 18.2 Å². The van der Waals surface area contributed by atoms with E-state index in [1.807, 2.05) is 0 Å². The van der Waals surface area contributed by atoms with Crippen LogP contribution in [0, 0.1) is 0 Å². The monoisotopic (exact) mass is 286 g/mol. The van der Waals surface area contributed by atoms with Crippen LogP contribution in [0.4, 0.5) is 0 Å². The van der Waals surface area contributed by atoms with Crippen LogP contribution in [-0.4, -0.2) is 26.7 Å². The molecule has 5 heteroatoms. The lowest BCUT2D eigenvalue weighted by Gasteiger charge is -2.29. The van der Waals surface area contributed by atoms with E-state index in [0.717, 1.165) is 0 Å². The molecular formula is C16H14O5. The summed E-state index contributed by atoms with van der Waals surface area (Å²) in [7, 11) is 0. The van der Waals surface area contributed by atoms with Crippen molar-refractivity contribution in [3.8, 4) is 17.2 Å². The molecule has 1 heterocycles. The Morgan fingerprint density at radius 2 is 1.71 bits per heavy atom. The zero-order valence-corrected chi connectivity index (χ0v) is 11.0. The number of aliphatic hydroxyl groups is 2. The standard InChI is InChI=1S/C16H14O5/c17-12-6-3-4-9(14(12)18)8-11-15(19)10-5-1-2-7-13(10)21-16(11)20/h1-8,15-20H/b11-8-. The Morgan fingerprint density at radius 3 is 2.52 bits per heavy atom. The molecule has 1 aliphatic rings. The molecule has 0 amide bonds. The third-order valence-electron chi connectivity index (χ3n) is 3.42. The summed E-state index contributed by atoms with van der Waals surface area (Å²) in [4.78, 5) is 0. The van der Waals surface area contributed by atoms with Crippen molar-refractivity contribution in [3.05, 3.63) is 59.2 Å². The maximum absolute atomic E-state index is 10.4. The predicted molar refractivity (Wildman–Crippen MR) is 75.8 cm³/mol. The average Bonchev–Trinajstić information content (AvgIpc) is 2.47. The third-order valence-corrected chi connectivity index (χ3v) is 3.42. The van der Waals surface area contributed by atoms with Gasteiger partial charge in [0.25, 0.3) is 0 Å². The number of phenols is 2. The number of ether oxygens (including phenoxy) is 1. The van der Waals surface area contributed by atoms with E-state index in [4.69, 9.17) is 4.74 Å². The van der Waals surface area contributed by atoms with Crippen LogP contribution in [0.5, 0.6) is 17.2 Å². The maximum atomic E-state index is 10.4. The van der Waals surface area contributed by atoms with Crippen molar-refractivity contribution in [2.45, 2.75) is 12.4 Å². The topological polar surface area (TPSA) is 90.2 Å². The smallest absolute Gasteiger partial charge is 0.223 e. The van der Waals surface area contributed by atoms with Gasteiger partial charge < -0.3 is 25.2 Å². The molecule has 5 nitrogen and oxygen atoms in total. The second-order valence-corrected chi connectivity index (χ2v) is 4.77. The number of aromatic hydroxyl groups is 2. The van der Waals surface area contributed by atoms with Gasteiger partial charge in [0.1, 0.15) is 11.9 Å². The zero-order chi connectivity index (χ0) is 15.0. The molecule has 21 heavy (non-hydrogen) atoms. The lowest BCUT2D eigenvalue weighted by atomic mass is 9.95. The van der Waals surface area contributed by atoms with E-state index in [0.29, 0.717) is 11.3 Å². The fourth-order valence-electron chi connectivity index (χ4n) is 2.31. The molecule has 4 N–H and O–H groups in total. The first-order chi connectivity index (χ1) is 10.1. The van der Waals surface area contributed by atoms with Gasteiger partial charge in [0.2, 0.25) is 6.29 Å². The number of phenolic OH excluding ortho intramolecular Hbond substituents is 2. The average molecular weight is 286 g/mol. The first kappa shape index (κ1) is 13.5. The minimum absolute atomic E-state index is 0.189. The largest absolute Gasteiger partial charge is 0.504 e. The van der Waals surface area contributed by atoms with Gasteiger partial charge in [-0.1, -0.05) is 30.3 Å². The molecule has 3 rings (SSSR count). The highest BCUT2D eigenvalue weighted by Crippen LogP contribution is 2.39. The second-order valence-electron chi connectivity index (χ2n) is 4.77. The molecule has 2 aromatic rings. The van der Waals surface area contributed by atoms with Gasteiger partial charge in [0.05, 0.1) is 0 Å². The minimum atomic E-state index is -1.32. The van der Waals surface area contributed by atoms with E-state index >= 15 is 0 Å². The summed E-state index contributed by atoms with van der Waals surface area (Å²) in [6.07, 6.45) is -0.969. The number of hydrogen-bond donors (Lipinski definition) is 4. The van der Waals surface area contributed by atoms with Crippen molar-refractivity contribution < 1.29 is 25.2 Å². The second kappa shape index (κ2) is 5.12. The summed E-state index contributed by atoms with van der Waals surface area (Å²) in [5.41, 5.74) is 1.01. The van der Waals surface area contributed by atoms with E-state index in [-0.39, 0.29) is 22.6 Å². The number of aliphatic hydroxyl groups excluding tert-OH is 2. The van der Waals surface area contributed by atoms with Crippen molar-refractivity contribution in [1.82, 2.24) is 0 Å². The van der Waals surface area contributed by atoms with Crippen LogP contribution >= 0.6 is 0 Å². The molecule has 0 radical (unpaired) electrons.